The highest BCUT2D eigenvalue weighted by atomic mass is 19.1. The van der Waals surface area contributed by atoms with E-state index >= 15 is 0 Å². The van der Waals surface area contributed by atoms with Crippen LogP contribution in [0.15, 0.2) is 24.3 Å². The number of rotatable bonds is 5. The van der Waals surface area contributed by atoms with Crippen molar-refractivity contribution in [3.8, 4) is 0 Å². The van der Waals surface area contributed by atoms with Gasteiger partial charge in [-0.3, -0.25) is 0 Å². The lowest BCUT2D eigenvalue weighted by atomic mass is 10.0. The molecule has 3 N–H and O–H groups in total. The van der Waals surface area contributed by atoms with Gasteiger partial charge in [-0.15, -0.1) is 0 Å². The molecule has 0 aliphatic heterocycles. The zero-order chi connectivity index (χ0) is 11.3. The van der Waals surface area contributed by atoms with Crippen LogP contribution in [0.5, 0.6) is 0 Å². The molecule has 0 spiro atoms. The first kappa shape index (κ1) is 12.0. The lowest BCUT2D eigenvalue weighted by Crippen LogP contribution is -2.30. The van der Waals surface area contributed by atoms with E-state index < -0.39 is 0 Å². The molecule has 0 heterocycles. The summed E-state index contributed by atoms with van der Waals surface area (Å²) in [6.07, 6.45) is 0.975. The minimum Gasteiger partial charge on any atom is -0.383 e. The summed E-state index contributed by atoms with van der Waals surface area (Å²) >= 11 is 0. The first-order valence-electron chi connectivity index (χ1n) is 5.33. The third-order valence-electron chi connectivity index (χ3n) is 2.17. The minimum absolute atomic E-state index is 0.119. The Morgan fingerprint density at radius 1 is 1.40 bits per heavy atom. The highest BCUT2D eigenvalue weighted by molar-refractivity contribution is 5.43. The highest BCUT2D eigenvalue weighted by Gasteiger charge is 2.05. The summed E-state index contributed by atoms with van der Waals surface area (Å²) in [6.45, 7) is 4.96. The maximum absolute atomic E-state index is 12.8. The van der Waals surface area contributed by atoms with Crippen molar-refractivity contribution in [3.63, 3.8) is 0 Å². The minimum atomic E-state index is -0.225. The van der Waals surface area contributed by atoms with Crippen LogP contribution in [0.3, 0.4) is 0 Å². The Balaban J connectivity index is 2.36. The highest BCUT2D eigenvalue weighted by Crippen LogP contribution is 2.10. The predicted octanol–water partition coefficient (Wildman–Crippen LogP) is 2.61. The number of nitrogens with one attached hydrogen (secondary N) is 1. The van der Waals surface area contributed by atoms with Crippen LogP contribution in [0, 0.1) is 11.7 Å². The van der Waals surface area contributed by atoms with Gasteiger partial charge in [-0.25, -0.2) is 4.39 Å². The second kappa shape index (κ2) is 5.71. The summed E-state index contributed by atoms with van der Waals surface area (Å²) in [6, 6.07) is 6.55. The van der Waals surface area contributed by atoms with Gasteiger partial charge < -0.3 is 11.1 Å². The van der Waals surface area contributed by atoms with Gasteiger partial charge in [0.25, 0.3) is 0 Å². The SMILES string of the molecule is CC(C)CC(N)CNc1cccc(F)c1. The molecule has 0 amide bonds. The van der Waals surface area contributed by atoms with E-state index in [9.17, 15) is 4.39 Å². The number of anilines is 1. The molecule has 84 valence electrons. The van der Waals surface area contributed by atoms with E-state index in [1.54, 1.807) is 6.07 Å². The van der Waals surface area contributed by atoms with Gasteiger partial charge in [-0.2, -0.15) is 0 Å². The molecule has 1 aromatic rings. The summed E-state index contributed by atoms with van der Waals surface area (Å²) in [5, 5.41) is 3.13. The van der Waals surface area contributed by atoms with Gasteiger partial charge in [0.1, 0.15) is 5.82 Å². The van der Waals surface area contributed by atoms with E-state index in [1.807, 2.05) is 6.07 Å². The van der Waals surface area contributed by atoms with Crippen LogP contribution in [0.4, 0.5) is 10.1 Å². The lowest BCUT2D eigenvalue weighted by molar-refractivity contribution is 0.508. The molecule has 0 bridgehead atoms. The molecule has 1 unspecified atom stereocenters. The van der Waals surface area contributed by atoms with Crippen LogP contribution in [0.25, 0.3) is 0 Å². The third kappa shape index (κ3) is 4.79. The van der Waals surface area contributed by atoms with Crippen LogP contribution in [-0.2, 0) is 0 Å². The first-order valence-corrected chi connectivity index (χ1v) is 5.33. The van der Waals surface area contributed by atoms with Gasteiger partial charge in [0, 0.05) is 18.3 Å². The van der Waals surface area contributed by atoms with Crippen LogP contribution < -0.4 is 11.1 Å². The number of nitrogens with two attached hydrogens (primary N) is 1. The maximum Gasteiger partial charge on any atom is 0.125 e. The fourth-order valence-corrected chi connectivity index (χ4v) is 1.54. The number of benzene rings is 1. The average Bonchev–Trinajstić information content (AvgIpc) is 2.14. The van der Waals surface area contributed by atoms with Crippen molar-refractivity contribution in [3.05, 3.63) is 30.1 Å². The van der Waals surface area contributed by atoms with Crippen LogP contribution in [0.2, 0.25) is 0 Å². The predicted molar refractivity (Wildman–Crippen MR) is 62.3 cm³/mol. The number of halogens is 1. The molecule has 0 aliphatic rings. The smallest absolute Gasteiger partial charge is 0.125 e. The molecular weight excluding hydrogens is 191 g/mol. The summed E-state index contributed by atoms with van der Waals surface area (Å²) in [7, 11) is 0. The van der Waals surface area contributed by atoms with Gasteiger partial charge >= 0.3 is 0 Å². The summed E-state index contributed by atoms with van der Waals surface area (Å²) in [5.41, 5.74) is 6.69. The van der Waals surface area contributed by atoms with E-state index in [2.05, 4.69) is 19.2 Å². The van der Waals surface area contributed by atoms with E-state index in [1.165, 1.54) is 12.1 Å². The van der Waals surface area contributed by atoms with Crippen LogP contribution >= 0.6 is 0 Å². The Morgan fingerprint density at radius 3 is 2.73 bits per heavy atom. The largest absolute Gasteiger partial charge is 0.383 e. The van der Waals surface area contributed by atoms with Gasteiger partial charge in [-0.1, -0.05) is 19.9 Å². The molecule has 1 rings (SSSR count). The Kier molecular flexibility index (Phi) is 4.56. The van der Waals surface area contributed by atoms with Crippen molar-refractivity contribution >= 4 is 5.69 Å². The molecule has 1 atom stereocenters. The summed E-state index contributed by atoms with van der Waals surface area (Å²) < 4.78 is 12.8. The Morgan fingerprint density at radius 2 is 2.13 bits per heavy atom. The topological polar surface area (TPSA) is 38.0 Å². The molecule has 2 nitrogen and oxygen atoms in total. The normalized spacial score (nSPS) is 12.9. The standard InChI is InChI=1S/C12H19FN2/c1-9(2)6-11(14)8-15-12-5-3-4-10(13)7-12/h3-5,7,9,11,15H,6,8,14H2,1-2H3. The van der Waals surface area contributed by atoms with Crippen molar-refractivity contribution in [2.24, 2.45) is 11.7 Å². The van der Waals surface area contributed by atoms with Crippen molar-refractivity contribution in [2.75, 3.05) is 11.9 Å². The zero-order valence-corrected chi connectivity index (χ0v) is 9.33. The number of hydrogen-bond donors (Lipinski definition) is 2. The molecule has 0 aliphatic carbocycles. The Bertz CT molecular complexity index is 299. The van der Waals surface area contributed by atoms with E-state index in [-0.39, 0.29) is 11.9 Å². The van der Waals surface area contributed by atoms with Gasteiger partial charge in [0.15, 0.2) is 0 Å². The molecular formula is C12H19FN2. The molecule has 0 saturated heterocycles. The molecule has 0 radical (unpaired) electrons. The maximum atomic E-state index is 12.8. The molecule has 0 saturated carbocycles. The summed E-state index contributed by atoms with van der Waals surface area (Å²) in [4.78, 5) is 0. The fourth-order valence-electron chi connectivity index (χ4n) is 1.54. The van der Waals surface area contributed by atoms with Crippen molar-refractivity contribution in [1.29, 1.82) is 0 Å². The van der Waals surface area contributed by atoms with Gasteiger partial charge in [0.2, 0.25) is 0 Å². The Hall–Kier alpha value is -1.09. The van der Waals surface area contributed by atoms with Crippen molar-refractivity contribution in [1.82, 2.24) is 0 Å². The fraction of sp³-hybridized carbons (Fsp3) is 0.500. The van der Waals surface area contributed by atoms with Crippen LogP contribution in [0.1, 0.15) is 20.3 Å². The summed E-state index contributed by atoms with van der Waals surface area (Å²) in [5.74, 6) is 0.367. The molecule has 0 aromatic heterocycles. The monoisotopic (exact) mass is 210 g/mol. The van der Waals surface area contributed by atoms with Crippen LogP contribution in [-0.4, -0.2) is 12.6 Å². The lowest BCUT2D eigenvalue weighted by Gasteiger charge is -2.15. The second-order valence-corrected chi connectivity index (χ2v) is 4.28. The second-order valence-electron chi connectivity index (χ2n) is 4.28. The number of hydrogen-bond acceptors (Lipinski definition) is 2. The molecule has 3 heteroatoms. The first-order chi connectivity index (χ1) is 7.08. The van der Waals surface area contributed by atoms with Gasteiger partial charge in [0.05, 0.1) is 0 Å². The quantitative estimate of drug-likeness (QED) is 0.784. The average molecular weight is 210 g/mol. The van der Waals surface area contributed by atoms with E-state index in [0.29, 0.717) is 12.5 Å². The zero-order valence-electron chi connectivity index (χ0n) is 9.33. The molecule has 0 fully saturated rings. The molecule has 15 heavy (non-hydrogen) atoms. The van der Waals surface area contributed by atoms with Crippen molar-refractivity contribution < 1.29 is 4.39 Å². The Labute approximate surface area is 90.7 Å². The van der Waals surface area contributed by atoms with E-state index in [0.717, 1.165) is 12.1 Å². The van der Waals surface area contributed by atoms with E-state index in [4.69, 9.17) is 5.73 Å². The van der Waals surface area contributed by atoms with Crippen molar-refractivity contribution in [2.45, 2.75) is 26.3 Å². The van der Waals surface area contributed by atoms with Gasteiger partial charge in [-0.05, 0) is 30.5 Å². The third-order valence-corrected chi connectivity index (χ3v) is 2.17. The molecule has 1 aromatic carbocycles.